The predicted octanol–water partition coefficient (Wildman–Crippen LogP) is 2.69. The van der Waals surface area contributed by atoms with Gasteiger partial charge < -0.3 is 4.90 Å². The van der Waals surface area contributed by atoms with Crippen molar-refractivity contribution < 1.29 is 4.79 Å². The van der Waals surface area contributed by atoms with Gasteiger partial charge in [-0.3, -0.25) is 14.2 Å². The van der Waals surface area contributed by atoms with Crippen LogP contribution in [0.25, 0.3) is 11.0 Å². The Morgan fingerprint density at radius 3 is 2.46 bits per heavy atom. The van der Waals surface area contributed by atoms with Gasteiger partial charge >= 0.3 is 0 Å². The van der Waals surface area contributed by atoms with Crippen molar-refractivity contribution >= 4 is 16.9 Å². The molecule has 5 rings (SSSR count). The molecule has 0 spiro atoms. The Hall–Kier alpha value is -3.02. The Bertz CT molecular complexity index is 1080. The van der Waals surface area contributed by atoms with Gasteiger partial charge in [0.15, 0.2) is 5.65 Å². The lowest BCUT2D eigenvalue weighted by Gasteiger charge is -2.35. The fraction of sp³-hybridized carbons (Fsp3) is 0.364. The second-order valence-corrected chi connectivity index (χ2v) is 7.80. The number of rotatable bonds is 3. The summed E-state index contributed by atoms with van der Waals surface area (Å²) >= 11 is 0. The van der Waals surface area contributed by atoms with Crippen LogP contribution in [0.4, 0.5) is 0 Å². The number of fused-ring (bicyclic) bond motifs is 1. The minimum absolute atomic E-state index is 0.0502. The summed E-state index contributed by atoms with van der Waals surface area (Å²) in [6, 6.07) is 13.7. The normalized spacial score (nSPS) is 18.9. The molecule has 1 aliphatic heterocycles. The van der Waals surface area contributed by atoms with E-state index in [9.17, 15) is 9.59 Å². The van der Waals surface area contributed by atoms with E-state index in [0.717, 1.165) is 31.2 Å². The molecular weight excluding hydrogens is 352 g/mol. The van der Waals surface area contributed by atoms with Crippen molar-refractivity contribution in [1.29, 1.82) is 0 Å². The lowest BCUT2D eigenvalue weighted by atomic mass is 9.93. The van der Waals surface area contributed by atoms with Crippen LogP contribution in [0.2, 0.25) is 0 Å². The maximum absolute atomic E-state index is 13.2. The van der Waals surface area contributed by atoms with Crippen molar-refractivity contribution in [3.05, 3.63) is 70.9 Å². The molecule has 6 nitrogen and oxygen atoms in total. The number of hydrogen-bond acceptors (Lipinski definition) is 4. The maximum Gasteiger partial charge on any atom is 0.263 e. The minimum Gasteiger partial charge on any atom is -0.342 e. The Morgan fingerprint density at radius 2 is 1.75 bits per heavy atom. The quantitative estimate of drug-likeness (QED) is 0.707. The molecule has 0 atom stereocenters. The minimum atomic E-state index is -0.318. The lowest BCUT2D eigenvalue weighted by molar-refractivity contribution is -0.135. The Morgan fingerprint density at radius 1 is 1.00 bits per heavy atom. The van der Waals surface area contributed by atoms with Crippen LogP contribution < -0.4 is 5.56 Å². The summed E-state index contributed by atoms with van der Waals surface area (Å²) in [5, 5.41) is 0.546. The second kappa shape index (κ2) is 6.55. The Kier molecular flexibility index (Phi) is 4.00. The Balaban J connectivity index is 1.33. The van der Waals surface area contributed by atoms with Crippen LogP contribution in [-0.2, 0) is 10.2 Å². The maximum atomic E-state index is 13.2. The third-order valence-electron chi connectivity index (χ3n) is 6.19. The van der Waals surface area contributed by atoms with Crippen LogP contribution in [0.15, 0.2) is 59.8 Å². The average Bonchev–Trinajstić information content (AvgIpc) is 3.57. The van der Waals surface area contributed by atoms with Crippen LogP contribution in [0.3, 0.4) is 0 Å². The molecule has 2 fully saturated rings. The highest BCUT2D eigenvalue weighted by molar-refractivity contribution is 5.91. The molecule has 2 aromatic heterocycles. The van der Waals surface area contributed by atoms with Crippen LogP contribution >= 0.6 is 0 Å². The summed E-state index contributed by atoms with van der Waals surface area (Å²) < 4.78 is 1.72. The van der Waals surface area contributed by atoms with E-state index in [1.165, 1.54) is 0 Å². The molecule has 1 aliphatic carbocycles. The molecule has 1 aromatic carbocycles. The van der Waals surface area contributed by atoms with Gasteiger partial charge in [-0.15, -0.1) is 0 Å². The SMILES string of the molecule is O=C(N1CCC(n2cnc3ncccc3c2=O)CC1)C1(c2ccccc2)CC1. The van der Waals surface area contributed by atoms with E-state index in [1.807, 2.05) is 23.1 Å². The van der Waals surface area contributed by atoms with E-state index in [2.05, 4.69) is 22.1 Å². The molecular formula is C22H22N4O2. The molecule has 1 amide bonds. The Labute approximate surface area is 162 Å². The molecule has 6 heteroatoms. The van der Waals surface area contributed by atoms with Crippen LogP contribution in [0.5, 0.6) is 0 Å². The van der Waals surface area contributed by atoms with Crippen molar-refractivity contribution in [2.24, 2.45) is 0 Å². The summed E-state index contributed by atoms with van der Waals surface area (Å²) in [5.41, 5.74) is 1.24. The fourth-order valence-electron chi connectivity index (χ4n) is 4.39. The fourth-order valence-corrected chi connectivity index (χ4v) is 4.39. The van der Waals surface area contributed by atoms with Crippen molar-refractivity contribution in [3.8, 4) is 0 Å². The summed E-state index contributed by atoms with van der Waals surface area (Å²) in [7, 11) is 0. The molecule has 28 heavy (non-hydrogen) atoms. The van der Waals surface area contributed by atoms with Gasteiger partial charge in [0.05, 0.1) is 10.8 Å². The van der Waals surface area contributed by atoms with Crippen molar-refractivity contribution in [3.63, 3.8) is 0 Å². The topological polar surface area (TPSA) is 68.1 Å². The summed E-state index contributed by atoms with van der Waals surface area (Å²) in [4.78, 5) is 36.5. The number of nitrogens with zero attached hydrogens (tertiary/aromatic N) is 4. The number of aromatic nitrogens is 3. The van der Waals surface area contributed by atoms with E-state index >= 15 is 0 Å². The number of carbonyl (C=O) groups is 1. The molecule has 0 radical (unpaired) electrons. The molecule has 0 N–H and O–H groups in total. The summed E-state index contributed by atoms with van der Waals surface area (Å²) in [6.07, 6.45) is 6.64. The van der Waals surface area contributed by atoms with Crippen molar-refractivity contribution in [2.75, 3.05) is 13.1 Å². The lowest BCUT2D eigenvalue weighted by Crippen LogP contribution is -2.45. The van der Waals surface area contributed by atoms with E-state index in [0.29, 0.717) is 24.1 Å². The predicted molar refractivity (Wildman–Crippen MR) is 106 cm³/mol. The first-order chi connectivity index (χ1) is 13.7. The zero-order valence-corrected chi connectivity index (χ0v) is 15.6. The van der Waals surface area contributed by atoms with E-state index in [1.54, 1.807) is 29.2 Å². The van der Waals surface area contributed by atoms with E-state index < -0.39 is 0 Å². The third kappa shape index (κ3) is 2.71. The largest absolute Gasteiger partial charge is 0.342 e. The molecule has 142 valence electrons. The first-order valence-electron chi connectivity index (χ1n) is 9.86. The number of likely N-dealkylation sites (tertiary alicyclic amines) is 1. The number of carbonyl (C=O) groups excluding carboxylic acids is 1. The zero-order chi connectivity index (χ0) is 19.1. The first-order valence-corrected chi connectivity index (χ1v) is 9.86. The van der Waals surface area contributed by atoms with Crippen LogP contribution in [0, 0.1) is 0 Å². The van der Waals surface area contributed by atoms with Gasteiger partial charge in [0.1, 0.15) is 6.33 Å². The van der Waals surface area contributed by atoms with Crippen LogP contribution in [-0.4, -0.2) is 38.4 Å². The monoisotopic (exact) mass is 374 g/mol. The number of amides is 1. The first kappa shape index (κ1) is 17.1. The van der Waals surface area contributed by atoms with Gasteiger partial charge in [0.2, 0.25) is 5.91 Å². The smallest absolute Gasteiger partial charge is 0.263 e. The second-order valence-electron chi connectivity index (χ2n) is 7.80. The van der Waals surface area contributed by atoms with E-state index in [-0.39, 0.29) is 22.9 Å². The highest BCUT2D eigenvalue weighted by Gasteiger charge is 2.53. The standard InChI is InChI=1S/C22H22N4O2/c27-20-18-7-4-12-23-19(18)24-15-26(20)17-8-13-25(14-9-17)21(28)22(10-11-22)16-5-2-1-3-6-16/h1-7,12,15,17H,8-11,13-14H2. The summed E-state index contributed by atoms with van der Waals surface area (Å²) in [6.45, 7) is 1.35. The number of hydrogen-bond donors (Lipinski definition) is 0. The number of pyridine rings is 1. The van der Waals surface area contributed by atoms with Gasteiger partial charge in [-0.25, -0.2) is 9.97 Å². The molecule has 3 heterocycles. The van der Waals surface area contributed by atoms with Gasteiger partial charge in [-0.2, -0.15) is 0 Å². The molecule has 0 bridgehead atoms. The summed E-state index contributed by atoms with van der Waals surface area (Å²) in [5.74, 6) is 0.241. The number of benzene rings is 1. The highest BCUT2D eigenvalue weighted by Crippen LogP contribution is 2.50. The van der Waals surface area contributed by atoms with Gasteiger partial charge in [-0.1, -0.05) is 30.3 Å². The zero-order valence-electron chi connectivity index (χ0n) is 15.6. The molecule has 0 unspecified atom stereocenters. The number of piperidine rings is 1. The molecule has 1 saturated heterocycles. The van der Waals surface area contributed by atoms with E-state index in [4.69, 9.17) is 0 Å². The van der Waals surface area contributed by atoms with Crippen molar-refractivity contribution in [1.82, 2.24) is 19.4 Å². The van der Waals surface area contributed by atoms with Gasteiger partial charge in [0.25, 0.3) is 5.56 Å². The molecule has 2 aliphatic rings. The van der Waals surface area contributed by atoms with Crippen molar-refractivity contribution in [2.45, 2.75) is 37.1 Å². The average molecular weight is 374 g/mol. The third-order valence-corrected chi connectivity index (χ3v) is 6.19. The van der Waals surface area contributed by atoms with Gasteiger partial charge in [0, 0.05) is 25.3 Å². The highest BCUT2D eigenvalue weighted by atomic mass is 16.2. The molecule has 1 saturated carbocycles. The van der Waals surface area contributed by atoms with Crippen LogP contribution in [0.1, 0.15) is 37.3 Å². The molecule has 3 aromatic rings. The van der Waals surface area contributed by atoms with Gasteiger partial charge in [-0.05, 0) is 43.4 Å².